The minimum Gasteiger partial charge on any atom is -0.383 e. The molecule has 1 aromatic heterocycles. The maximum atomic E-state index is 5.90. The first kappa shape index (κ1) is 15.0. The summed E-state index contributed by atoms with van der Waals surface area (Å²) in [6.45, 7) is 9.78. The molecule has 2 rings (SSSR count). The monoisotopic (exact) mass is 279 g/mol. The number of aromatic nitrogens is 2. The summed E-state index contributed by atoms with van der Waals surface area (Å²) in [4.78, 5) is 11.2. The predicted octanol–water partition coefficient (Wildman–Crippen LogP) is 1.06. The van der Waals surface area contributed by atoms with Gasteiger partial charge in [0.25, 0.3) is 0 Å². The van der Waals surface area contributed by atoms with Crippen molar-refractivity contribution in [2.24, 2.45) is 0 Å². The molecule has 20 heavy (non-hydrogen) atoms. The molecular formula is C14H25N5O. The normalized spacial score (nSPS) is 16.3. The van der Waals surface area contributed by atoms with Crippen molar-refractivity contribution < 1.29 is 4.74 Å². The van der Waals surface area contributed by atoms with Gasteiger partial charge in [-0.05, 0) is 19.9 Å². The van der Waals surface area contributed by atoms with Crippen LogP contribution in [0.2, 0.25) is 0 Å². The summed E-state index contributed by atoms with van der Waals surface area (Å²) in [6.07, 6.45) is 1.89. The van der Waals surface area contributed by atoms with E-state index in [0.29, 0.717) is 5.82 Å². The summed E-state index contributed by atoms with van der Waals surface area (Å²) in [7, 11) is 0. The van der Waals surface area contributed by atoms with Crippen LogP contribution in [0.3, 0.4) is 0 Å². The van der Waals surface area contributed by atoms with E-state index in [2.05, 4.69) is 20.2 Å². The zero-order valence-electron chi connectivity index (χ0n) is 12.5. The van der Waals surface area contributed by atoms with Crippen LogP contribution >= 0.6 is 0 Å². The van der Waals surface area contributed by atoms with Gasteiger partial charge in [-0.1, -0.05) is 6.92 Å². The van der Waals surface area contributed by atoms with Gasteiger partial charge in [-0.15, -0.1) is 0 Å². The van der Waals surface area contributed by atoms with Gasteiger partial charge < -0.3 is 15.8 Å². The fourth-order valence-corrected chi connectivity index (χ4v) is 2.25. The Labute approximate surface area is 120 Å². The van der Waals surface area contributed by atoms with E-state index < -0.39 is 0 Å². The van der Waals surface area contributed by atoms with Gasteiger partial charge in [-0.2, -0.15) is 0 Å². The van der Waals surface area contributed by atoms with E-state index in [4.69, 9.17) is 10.5 Å². The average Bonchev–Trinajstić information content (AvgIpc) is 2.48. The Bertz CT molecular complexity index is 432. The molecule has 0 amide bonds. The zero-order valence-corrected chi connectivity index (χ0v) is 12.5. The molecule has 0 saturated carbocycles. The third-order valence-electron chi connectivity index (χ3n) is 3.59. The Morgan fingerprint density at radius 1 is 1.30 bits per heavy atom. The number of anilines is 2. The standard InChI is InChI=1S/C14H25N5O/c1-3-12-17-13(15)11(2)14(18-12)16-5-4-6-19-7-9-20-10-8-19/h3-10H2,1-2H3,(H3,15,16,17,18). The van der Waals surface area contributed by atoms with Gasteiger partial charge in [0.15, 0.2) is 0 Å². The van der Waals surface area contributed by atoms with Crippen LogP contribution in [-0.2, 0) is 11.2 Å². The summed E-state index contributed by atoms with van der Waals surface area (Å²) in [5.41, 5.74) is 6.84. The van der Waals surface area contributed by atoms with Crippen molar-refractivity contribution in [2.45, 2.75) is 26.7 Å². The minimum absolute atomic E-state index is 0.576. The number of aryl methyl sites for hydroxylation is 1. The third kappa shape index (κ3) is 4.05. The number of nitrogens with one attached hydrogen (secondary N) is 1. The van der Waals surface area contributed by atoms with E-state index in [0.717, 1.165) is 69.4 Å². The Balaban J connectivity index is 1.79. The summed E-state index contributed by atoms with van der Waals surface area (Å²) in [5.74, 6) is 2.24. The fraction of sp³-hybridized carbons (Fsp3) is 0.714. The Kier molecular flexibility index (Phi) is 5.55. The molecule has 0 aromatic carbocycles. The number of nitrogens with zero attached hydrogens (tertiary/aromatic N) is 3. The summed E-state index contributed by atoms with van der Waals surface area (Å²) in [5, 5.41) is 3.38. The lowest BCUT2D eigenvalue weighted by Gasteiger charge is -2.26. The smallest absolute Gasteiger partial charge is 0.134 e. The molecule has 6 nitrogen and oxygen atoms in total. The van der Waals surface area contributed by atoms with Gasteiger partial charge >= 0.3 is 0 Å². The van der Waals surface area contributed by atoms with Crippen molar-refractivity contribution in [3.05, 3.63) is 11.4 Å². The lowest BCUT2D eigenvalue weighted by molar-refractivity contribution is 0.0378. The molecule has 3 N–H and O–H groups in total. The molecular weight excluding hydrogens is 254 g/mol. The SMILES string of the molecule is CCc1nc(N)c(C)c(NCCCN2CCOCC2)n1. The van der Waals surface area contributed by atoms with Gasteiger partial charge in [-0.25, -0.2) is 9.97 Å². The maximum Gasteiger partial charge on any atom is 0.134 e. The number of ether oxygens (including phenoxy) is 1. The highest BCUT2D eigenvalue weighted by Crippen LogP contribution is 2.17. The first-order valence-electron chi connectivity index (χ1n) is 7.37. The molecule has 1 aliphatic heterocycles. The van der Waals surface area contributed by atoms with E-state index in [1.165, 1.54) is 0 Å². The van der Waals surface area contributed by atoms with Crippen LogP contribution in [0, 0.1) is 6.92 Å². The van der Waals surface area contributed by atoms with Crippen LogP contribution in [0.5, 0.6) is 0 Å². The number of rotatable bonds is 6. The van der Waals surface area contributed by atoms with Crippen LogP contribution in [0.1, 0.15) is 24.7 Å². The van der Waals surface area contributed by atoms with Crippen molar-refractivity contribution in [1.29, 1.82) is 0 Å². The maximum absolute atomic E-state index is 5.90. The molecule has 1 saturated heterocycles. The molecule has 1 fully saturated rings. The van der Waals surface area contributed by atoms with Crippen LogP contribution in [0.25, 0.3) is 0 Å². The van der Waals surface area contributed by atoms with E-state index in [1.807, 2.05) is 13.8 Å². The lowest BCUT2D eigenvalue weighted by atomic mass is 10.3. The zero-order chi connectivity index (χ0) is 14.4. The third-order valence-corrected chi connectivity index (χ3v) is 3.59. The second-order valence-corrected chi connectivity index (χ2v) is 5.09. The highest BCUT2D eigenvalue weighted by Gasteiger charge is 2.10. The van der Waals surface area contributed by atoms with E-state index >= 15 is 0 Å². The van der Waals surface area contributed by atoms with E-state index in [9.17, 15) is 0 Å². The Hall–Kier alpha value is -1.40. The second kappa shape index (κ2) is 7.40. The van der Waals surface area contributed by atoms with Gasteiger partial charge in [0.1, 0.15) is 17.5 Å². The number of nitrogens with two attached hydrogens (primary N) is 1. The lowest BCUT2D eigenvalue weighted by Crippen LogP contribution is -2.37. The van der Waals surface area contributed by atoms with Crippen LogP contribution in [-0.4, -0.2) is 54.3 Å². The number of morpholine rings is 1. The highest BCUT2D eigenvalue weighted by molar-refractivity contribution is 5.54. The molecule has 0 radical (unpaired) electrons. The summed E-state index contributed by atoms with van der Waals surface area (Å²) >= 11 is 0. The average molecular weight is 279 g/mol. The molecule has 1 aliphatic rings. The first-order valence-corrected chi connectivity index (χ1v) is 7.37. The molecule has 0 unspecified atom stereocenters. The number of hydrogen-bond donors (Lipinski definition) is 2. The first-order chi connectivity index (χ1) is 9.70. The fourth-order valence-electron chi connectivity index (χ4n) is 2.25. The van der Waals surface area contributed by atoms with Gasteiger partial charge in [0.05, 0.1) is 13.2 Å². The minimum atomic E-state index is 0.576. The molecule has 0 atom stereocenters. The van der Waals surface area contributed by atoms with E-state index in [-0.39, 0.29) is 0 Å². The van der Waals surface area contributed by atoms with Gasteiger partial charge in [0, 0.05) is 31.6 Å². The largest absolute Gasteiger partial charge is 0.383 e. The van der Waals surface area contributed by atoms with Crippen molar-refractivity contribution >= 4 is 11.6 Å². The van der Waals surface area contributed by atoms with Gasteiger partial charge in [0.2, 0.25) is 0 Å². The molecule has 6 heteroatoms. The number of nitrogen functional groups attached to an aromatic ring is 1. The molecule has 0 aliphatic carbocycles. The molecule has 112 valence electrons. The van der Waals surface area contributed by atoms with Crippen LogP contribution in [0.4, 0.5) is 11.6 Å². The van der Waals surface area contributed by atoms with Crippen molar-refractivity contribution in [1.82, 2.24) is 14.9 Å². The Morgan fingerprint density at radius 3 is 2.75 bits per heavy atom. The second-order valence-electron chi connectivity index (χ2n) is 5.09. The highest BCUT2D eigenvalue weighted by atomic mass is 16.5. The molecule has 2 heterocycles. The summed E-state index contributed by atoms with van der Waals surface area (Å²) < 4.78 is 5.34. The van der Waals surface area contributed by atoms with Crippen molar-refractivity contribution in [3.63, 3.8) is 0 Å². The predicted molar refractivity (Wildman–Crippen MR) is 80.9 cm³/mol. The van der Waals surface area contributed by atoms with E-state index in [1.54, 1.807) is 0 Å². The summed E-state index contributed by atoms with van der Waals surface area (Å²) in [6, 6.07) is 0. The topological polar surface area (TPSA) is 76.3 Å². The molecule has 1 aromatic rings. The van der Waals surface area contributed by atoms with Crippen LogP contribution in [0.15, 0.2) is 0 Å². The van der Waals surface area contributed by atoms with Crippen molar-refractivity contribution in [2.75, 3.05) is 50.4 Å². The molecule has 0 spiro atoms. The van der Waals surface area contributed by atoms with Gasteiger partial charge in [-0.3, -0.25) is 4.90 Å². The quantitative estimate of drug-likeness (QED) is 0.758. The Morgan fingerprint density at radius 2 is 2.05 bits per heavy atom. The number of hydrogen-bond acceptors (Lipinski definition) is 6. The molecule has 0 bridgehead atoms. The van der Waals surface area contributed by atoms with Crippen LogP contribution < -0.4 is 11.1 Å². The van der Waals surface area contributed by atoms with Crippen molar-refractivity contribution in [3.8, 4) is 0 Å².